The van der Waals surface area contributed by atoms with Crippen molar-refractivity contribution in [3.05, 3.63) is 161 Å². The van der Waals surface area contributed by atoms with Gasteiger partial charge in [0.05, 0.1) is 4.90 Å². The van der Waals surface area contributed by atoms with Crippen molar-refractivity contribution in [2.45, 2.75) is 70.1 Å². The van der Waals surface area contributed by atoms with Gasteiger partial charge in [0.2, 0.25) is 17.1 Å². The van der Waals surface area contributed by atoms with Crippen LogP contribution in [0.5, 0.6) is 0 Å². The van der Waals surface area contributed by atoms with Crippen LogP contribution >= 0.6 is 0 Å². The van der Waals surface area contributed by atoms with Gasteiger partial charge in [0, 0.05) is 82.1 Å². The van der Waals surface area contributed by atoms with E-state index in [2.05, 4.69) is 165 Å². The summed E-state index contributed by atoms with van der Waals surface area (Å²) in [5.74, 6) is 0. The first-order chi connectivity index (χ1) is 24.9. The van der Waals surface area contributed by atoms with Gasteiger partial charge in [0.1, 0.15) is 0 Å². The van der Waals surface area contributed by atoms with Gasteiger partial charge in [-0.25, -0.2) is 0 Å². The van der Waals surface area contributed by atoms with E-state index >= 15 is 0 Å². The summed E-state index contributed by atoms with van der Waals surface area (Å²) < 4.78 is 36.4. The molecule has 52 heavy (non-hydrogen) atoms. The van der Waals surface area contributed by atoms with Crippen LogP contribution in [0.2, 0.25) is 0 Å². The van der Waals surface area contributed by atoms with Gasteiger partial charge in [-0.3, -0.25) is 4.55 Å². The highest BCUT2D eigenvalue weighted by atomic mass is 32.2. The largest absolute Gasteiger partial charge is 0.344 e. The molecule has 4 aromatic carbocycles. The van der Waals surface area contributed by atoms with Crippen molar-refractivity contribution >= 4 is 38.6 Å². The zero-order valence-corrected chi connectivity index (χ0v) is 31.8. The van der Waals surface area contributed by atoms with E-state index in [-0.39, 0.29) is 10.3 Å². The molecule has 2 aliphatic heterocycles. The number of rotatable bonds is 7. The molecule has 266 valence electrons. The van der Waals surface area contributed by atoms with E-state index in [1.807, 2.05) is 6.07 Å². The minimum atomic E-state index is -4.33. The maximum atomic E-state index is 12.1. The van der Waals surface area contributed by atoms with Gasteiger partial charge in [0.25, 0.3) is 10.1 Å². The van der Waals surface area contributed by atoms with Gasteiger partial charge in [0.15, 0.2) is 0 Å². The molecule has 1 saturated carbocycles. The Morgan fingerprint density at radius 1 is 0.635 bits per heavy atom. The lowest BCUT2D eigenvalue weighted by atomic mass is 9.83. The first-order valence-corrected chi connectivity index (χ1v) is 19.7. The standard InChI is InChI=1S/C45H47N3O3S/c1-7-46-39-22-16-15-21-37(39)44(3,4)41(46)29-25-32-23-24-33(43(32)48(34-17-11-9-12-18-34)35-19-13-10-14-20-35)26-30-42-45(5,6)38-31-36(52(49,50)51)27-28-40(38)47(42)8-2/h9-22,25-31H,7-8,23-24H2,1-6H3/p+1. The van der Waals surface area contributed by atoms with E-state index < -0.39 is 15.5 Å². The van der Waals surface area contributed by atoms with Crippen LogP contribution in [0.25, 0.3) is 0 Å². The number of likely N-dealkylation sites (N-methyl/N-ethyl adjacent to an activating group) is 2. The van der Waals surface area contributed by atoms with Crippen LogP contribution in [0.15, 0.2) is 155 Å². The van der Waals surface area contributed by atoms with Crippen molar-refractivity contribution in [1.29, 1.82) is 0 Å². The first-order valence-electron chi connectivity index (χ1n) is 18.2. The summed E-state index contributed by atoms with van der Waals surface area (Å²) in [5, 5.41) is 0. The second-order valence-corrected chi connectivity index (χ2v) is 16.2. The van der Waals surface area contributed by atoms with E-state index in [1.54, 1.807) is 6.07 Å². The average molecular weight is 711 g/mol. The Morgan fingerprint density at radius 2 is 1.10 bits per heavy atom. The molecular formula is C45H48N3O3S+. The third kappa shape index (κ3) is 6.06. The summed E-state index contributed by atoms with van der Waals surface area (Å²) in [6.07, 6.45) is 10.9. The van der Waals surface area contributed by atoms with Crippen molar-refractivity contribution in [1.82, 2.24) is 4.58 Å². The van der Waals surface area contributed by atoms with Gasteiger partial charge in [-0.2, -0.15) is 13.0 Å². The summed E-state index contributed by atoms with van der Waals surface area (Å²) in [7, 11) is -4.33. The van der Waals surface area contributed by atoms with Crippen molar-refractivity contribution in [3.63, 3.8) is 0 Å². The predicted molar refractivity (Wildman–Crippen MR) is 216 cm³/mol. The highest BCUT2D eigenvalue weighted by molar-refractivity contribution is 7.85. The van der Waals surface area contributed by atoms with Crippen LogP contribution in [0.3, 0.4) is 0 Å². The molecule has 0 aromatic heterocycles. The molecule has 3 aliphatic rings. The van der Waals surface area contributed by atoms with Crippen LogP contribution in [-0.4, -0.2) is 31.8 Å². The molecule has 1 aliphatic carbocycles. The maximum absolute atomic E-state index is 12.1. The summed E-state index contributed by atoms with van der Waals surface area (Å²) in [4.78, 5) is 4.62. The SMILES string of the molecule is CCN1/C(=C/C=C2\CC/C(=C\C=C3\N(CC)c4ccc(S(=O)(=O)O)cc4C3(C)C)C2=[N+](c2ccccc2)c2ccccc2)C(C)(C)c2ccccc21. The number of hydrogen-bond donors (Lipinski definition) is 1. The van der Waals surface area contributed by atoms with Gasteiger partial charge < -0.3 is 9.80 Å². The quantitative estimate of drug-likeness (QED) is 0.153. The molecule has 7 rings (SSSR count). The van der Waals surface area contributed by atoms with E-state index in [9.17, 15) is 13.0 Å². The van der Waals surface area contributed by atoms with E-state index in [4.69, 9.17) is 0 Å². The molecule has 0 bridgehead atoms. The molecule has 2 heterocycles. The highest BCUT2D eigenvalue weighted by Gasteiger charge is 2.41. The fourth-order valence-corrected chi connectivity index (χ4v) is 8.89. The average Bonchev–Trinajstić information content (AvgIpc) is 3.71. The molecule has 4 aromatic rings. The molecule has 7 heteroatoms. The third-order valence-electron chi connectivity index (χ3n) is 11.0. The number of allylic oxidation sites excluding steroid dienone is 8. The van der Waals surface area contributed by atoms with Crippen LogP contribution in [0.1, 0.15) is 65.5 Å². The highest BCUT2D eigenvalue weighted by Crippen LogP contribution is 2.49. The maximum Gasteiger partial charge on any atom is 0.294 e. The third-order valence-corrected chi connectivity index (χ3v) is 11.9. The fraction of sp³-hybridized carbons (Fsp3) is 0.267. The Morgan fingerprint density at radius 3 is 1.60 bits per heavy atom. The second kappa shape index (κ2) is 13.5. The Kier molecular flexibility index (Phi) is 9.22. The van der Waals surface area contributed by atoms with E-state index in [0.29, 0.717) is 0 Å². The lowest BCUT2D eigenvalue weighted by molar-refractivity contribution is 0.483. The van der Waals surface area contributed by atoms with Gasteiger partial charge in [-0.15, -0.1) is 0 Å². The summed E-state index contributed by atoms with van der Waals surface area (Å²) in [6, 6.07) is 34.8. The Hall–Kier alpha value is -4.98. The Labute approximate surface area is 309 Å². The summed E-state index contributed by atoms with van der Waals surface area (Å²) in [5.41, 5.74) is 12.1. The van der Waals surface area contributed by atoms with E-state index in [0.717, 1.165) is 54.3 Å². The molecule has 6 nitrogen and oxygen atoms in total. The lowest BCUT2D eigenvalue weighted by Gasteiger charge is -2.26. The number of fused-ring (bicyclic) bond motifs is 2. The molecule has 0 amide bonds. The number of para-hydroxylation sites is 3. The predicted octanol–water partition coefficient (Wildman–Crippen LogP) is 10.3. The molecule has 1 fully saturated rings. The number of hydrogen-bond acceptors (Lipinski definition) is 4. The Balaban J connectivity index is 1.42. The summed E-state index contributed by atoms with van der Waals surface area (Å²) in [6.45, 7) is 14.8. The van der Waals surface area contributed by atoms with Crippen molar-refractivity contribution < 1.29 is 13.0 Å². The van der Waals surface area contributed by atoms with Gasteiger partial charge in [-0.1, -0.05) is 94.4 Å². The smallest absolute Gasteiger partial charge is 0.294 e. The van der Waals surface area contributed by atoms with Crippen LogP contribution < -0.4 is 14.4 Å². The molecule has 0 radical (unpaired) electrons. The second-order valence-electron chi connectivity index (χ2n) is 14.8. The monoisotopic (exact) mass is 710 g/mol. The normalized spacial score (nSPS) is 20.7. The van der Waals surface area contributed by atoms with E-state index in [1.165, 1.54) is 39.9 Å². The zero-order chi connectivity index (χ0) is 36.8. The molecule has 0 saturated heterocycles. The van der Waals surface area contributed by atoms with Crippen molar-refractivity contribution in [2.75, 3.05) is 22.9 Å². The molecule has 1 N–H and O–H groups in total. The molecular weight excluding hydrogens is 663 g/mol. The van der Waals surface area contributed by atoms with Crippen molar-refractivity contribution in [2.24, 2.45) is 0 Å². The first kappa shape index (κ1) is 35.4. The number of nitrogens with zero attached hydrogens (tertiary/aromatic N) is 3. The zero-order valence-electron chi connectivity index (χ0n) is 31.0. The summed E-state index contributed by atoms with van der Waals surface area (Å²) >= 11 is 0. The minimum absolute atomic E-state index is 0.0816. The Bertz CT molecular complexity index is 2250. The topological polar surface area (TPSA) is 63.9 Å². The molecule has 0 atom stereocenters. The van der Waals surface area contributed by atoms with Gasteiger partial charge >= 0.3 is 0 Å². The van der Waals surface area contributed by atoms with Crippen LogP contribution in [0, 0.1) is 0 Å². The minimum Gasteiger partial charge on any atom is -0.344 e. The van der Waals surface area contributed by atoms with Crippen molar-refractivity contribution in [3.8, 4) is 0 Å². The lowest BCUT2D eigenvalue weighted by Crippen LogP contribution is -2.26. The fourth-order valence-electron chi connectivity index (χ4n) is 8.38. The molecule has 0 spiro atoms. The van der Waals surface area contributed by atoms with Crippen LogP contribution in [-0.2, 0) is 20.9 Å². The number of anilines is 2. The number of benzene rings is 4. The molecule has 0 unspecified atom stereocenters. The van der Waals surface area contributed by atoms with Gasteiger partial charge in [-0.05, 0) is 74.2 Å². The van der Waals surface area contributed by atoms with Crippen LogP contribution in [0.4, 0.5) is 22.7 Å².